The zero-order valence-electron chi connectivity index (χ0n) is 16.6. The van der Waals surface area contributed by atoms with E-state index in [0.29, 0.717) is 5.69 Å². The fraction of sp³-hybridized carbons (Fsp3) is 0.273. The number of thiophene rings is 1. The summed E-state index contributed by atoms with van der Waals surface area (Å²) >= 11 is 1.45. The quantitative estimate of drug-likeness (QED) is 0.434. The van der Waals surface area contributed by atoms with Crippen molar-refractivity contribution in [1.82, 2.24) is 0 Å². The minimum atomic E-state index is -0.765. The molecule has 0 spiro atoms. The van der Waals surface area contributed by atoms with Crippen molar-refractivity contribution < 1.29 is 19.1 Å². The number of carbonyl (C=O) groups excluding carboxylic acids is 3. The minimum absolute atomic E-state index is 0.0275. The zero-order valence-corrected chi connectivity index (χ0v) is 17.4. The topological polar surface area (TPSA) is 113 Å². The molecule has 3 rings (SSSR count). The van der Waals surface area contributed by atoms with Gasteiger partial charge in [-0.05, 0) is 37.4 Å². The highest BCUT2D eigenvalue weighted by Crippen LogP contribution is 2.43. The van der Waals surface area contributed by atoms with Crippen LogP contribution in [0.25, 0.3) is 0 Å². The molecule has 30 heavy (non-hydrogen) atoms. The number of hydrogen-bond acceptors (Lipinski definition) is 7. The molecule has 1 saturated heterocycles. The maximum Gasteiger partial charge on any atom is 0.312 e. The molecule has 0 radical (unpaired) electrons. The first-order valence-corrected chi connectivity index (χ1v) is 10.2. The Hall–Kier alpha value is -3.44. The SMILES string of the molecule is C/C(N)=C(/C#N)C(=O)COC(=O)[C@H]1CC(=O)N(c2ccc(C)cc2)[C@H]1c1cccs1. The van der Waals surface area contributed by atoms with Crippen LogP contribution in [0.15, 0.2) is 53.0 Å². The van der Waals surface area contributed by atoms with E-state index in [-0.39, 0.29) is 23.6 Å². The van der Waals surface area contributed by atoms with Crippen molar-refractivity contribution in [3.63, 3.8) is 0 Å². The van der Waals surface area contributed by atoms with Crippen molar-refractivity contribution >= 4 is 34.7 Å². The normalized spacial score (nSPS) is 19.2. The number of rotatable bonds is 6. The summed E-state index contributed by atoms with van der Waals surface area (Å²) in [4.78, 5) is 40.3. The molecule has 0 unspecified atom stereocenters. The molecule has 0 bridgehead atoms. The Morgan fingerprint density at radius 3 is 2.57 bits per heavy atom. The van der Waals surface area contributed by atoms with Gasteiger partial charge in [-0.2, -0.15) is 5.26 Å². The molecule has 2 atom stereocenters. The second-order valence-electron chi connectivity index (χ2n) is 7.07. The van der Waals surface area contributed by atoms with Crippen molar-refractivity contribution in [2.24, 2.45) is 11.7 Å². The van der Waals surface area contributed by atoms with Crippen molar-refractivity contribution in [3.8, 4) is 6.07 Å². The Morgan fingerprint density at radius 2 is 2.00 bits per heavy atom. The molecular weight excluding hydrogens is 402 g/mol. The van der Waals surface area contributed by atoms with E-state index in [0.717, 1.165) is 10.4 Å². The van der Waals surface area contributed by atoms with Crippen molar-refractivity contribution in [2.45, 2.75) is 26.3 Å². The number of allylic oxidation sites excluding steroid dienone is 1. The van der Waals surface area contributed by atoms with Crippen LogP contribution in [0.4, 0.5) is 5.69 Å². The van der Waals surface area contributed by atoms with Gasteiger partial charge in [-0.1, -0.05) is 23.8 Å². The molecule has 154 valence electrons. The average Bonchev–Trinajstić information content (AvgIpc) is 3.34. The number of aryl methyl sites for hydroxylation is 1. The van der Waals surface area contributed by atoms with Crippen LogP contribution >= 0.6 is 11.3 Å². The number of anilines is 1. The van der Waals surface area contributed by atoms with Gasteiger partial charge in [0.15, 0.2) is 6.61 Å². The number of ketones is 1. The molecule has 2 heterocycles. The van der Waals surface area contributed by atoms with Crippen LogP contribution in [0.3, 0.4) is 0 Å². The number of hydrogen-bond donors (Lipinski definition) is 1. The van der Waals surface area contributed by atoms with E-state index in [1.807, 2.05) is 48.7 Å². The molecule has 1 aromatic carbocycles. The summed E-state index contributed by atoms with van der Waals surface area (Å²) in [5, 5.41) is 10.9. The zero-order chi connectivity index (χ0) is 21.8. The highest BCUT2D eigenvalue weighted by atomic mass is 32.1. The molecule has 1 aromatic heterocycles. The van der Waals surface area contributed by atoms with Crippen LogP contribution in [0.5, 0.6) is 0 Å². The molecule has 8 heteroatoms. The lowest BCUT2D eigenvalue weighted by Crippen LogP contribution is -2.31. The summed E-state index contributed by atoms with van der Waals surface area (Å²) in [5.74, 6) is -2.28. The standard InChI is InChI=1S/C22H21N3O4S/c1-13-5-7-15(8-6-13)25-20(27)10-16(21(25)19-4-3-9-30-19)22(28)29-12-18(26)17(11-23)14(2)24/h3-9,16,21H,10,12,24H2,1-2H3/b17-14+/t16-,21+/m0/s1. The third kappa shape index (κ3) is 4.26. The van der Waals surface area contributed by atoms with Crippen molar-refractivity contribution in [1.29, 1.82) is 5.26 Å². The summed E-state index contributed by atoms with van der Waals surface area (Å²) < 4.78 is 5.20. The summed E-state index contributed by atoms with van der Waals surface area (Å²) in [5.41, 5.74) is 7.11. The van der Waals surface area contributed by atoms with Crippen LogP contribution in [-0.2, 0) is 19.1 Å². The Bertz CT molecular complexity index is 1030. The summed E-state index contributed by atoms with van der Waals surface area (Å²) in [6.07, 6.45) is -0.0275. The van der Waals surface area contributed by atoms with Crippen LogP contribution in [0.2, 0.25) is 0 Å². The maximum absolute atomic E-state index is 12.9. The van der Waals surface area contributed by atoms with Gasteiger partial charge in [0.1, 0.15) is 11.6 Å². The Kier molecular flexibility index (Phi) is 6.33. The predicted octanol–water partition coefficient (Wildman–Crippen LogP) is 3.02. The van der Waals surface area contributed by atoms with Gasteiger partial charge in [0.05, 0.1) is 12.0 Å². The van der Waals surface area contributed by atoms with Gasteiger partial charge in [0.25, 0.3) is 0 Å². The van der Waals surface area contributed by atoms with E-state index in [2.05, 4.69) is 0 Å². The fourth-order valence-electron chi connectivity index (χ4n) is 3.43. The number of nitriles is 1. The number of carbonyl (C=O) groups is 3. The van der Waals surface area contributed by atoms with Gasteiger partial charge < -0.3 is 15.4 Å². The molecule has 1 aliphatic rings. The van der Waals surface area contributed by atoms with Crippen LogP contribution < -0.4 is 10.6 Å². The number of nitrogens with two attached hydrogens (primary N) is 1. The first-order valence-electron chi connectivity index (χ1n) is 9.32. The van der Waals surface area contributed by atoms with Crippen LogP contribution in [0, 0.1) is 24.2 Å². The predicted molar refractivity (Wildman–Crippen MR) is 112 cm³/mol. The van der Waals surface area contributed by atoms with Gasteiger partial charge in [-0.25, -0.2) is 0 Å². The molecule has 2 N–H and O–H groups in total. The Balaban J connectivity index is 1.85. The second-order valence-corrected chi connectivity index (χ2v) is 8.05. The fourth-order valence-corrected chi connectivity index (χ4v) is 4.31. The molecule has 2 aromatic rings. The third-order valence-corrected chi connectivity index (χ3v) is 5.85. The van der Waals surface area contributed by atoms with E-state index < -0.39 is 30.3 Å². The monoisotopic (exact) mass is 423 g/mol. The van der Waals surface area contributed by atoms with Gasteiger partial charge in [0.2, 0.25) is 11.7 Å². The van der Waals surface area contributed by atoms with Crippen LogP contribution in [-0.4, -0.2) is 24.3 Å². The second kappa shape index (κ2) is 8.93. The smallest absolute Gasteiger partial charge is 0.312 e. The molecule has 1 aliphatic heterocycles. The summed E-state index contributed by atoms with van der Waals surface area (Å²) in [7, 11) is 0. The first-order chi connectivity index (χ1) is 14.3. The lowest BCUT2D eigenvalue weighted by molar-refractivity contribution is -0.151. The summed E-state index contributed by atoms with van der Waals surface area (Å²) in [6, 6.07) is 12.4. The van der Waals surface area contributed by atoms with Gasteiger partial charge in [-0.15, -0.1) is 11.3 Å². The first kappa shape index (κ1) is 21.3. The molecule has 7 nitrogen and oxygen atoms in total. The van der Waals surface area contributed by atoms with Crippen LogP contribution in [0.1, 0.15) is 29.8 Å². The van der Waals surface area contributed by atoms with Gasteiger partial charge >= 0.3 is 5.97 Å². The van der Waals surface area contributed by atoms with Crippen molar-refractivity contribution in [3.05, 3.63) is 63.5 Å². The van der Waals surface area contributed by atoms with E-state index in [9.17, 15) is 14.4 Å². The largest absolute Gasteiger partial charge is 0.457 e. The Morgan fingerprint density at radius 1 is 1.30 bits per heavy atom. The van der Waals surface area contributed by atoms with E-state index in [1.54, 1.807) is 11.0 Å². The van der Waals surface area contributed by atoms with Crippen molar-refractivity contribution in [2.75, 3.05) is 11.5 Å². The highest BCUT2D eigenvalue weighted by molar-refractivity contribution is 7.10. The van der Waals surface area contributed by atoms with E-state index in [4.69, 9.17) is 15.7 Å². The van der Waals surface area contributed by atoms with Gasteiger partial charge in [-0.3, -0.25) is 14.4 Å². The number of esters is 1. The average molecular weight is 423 g/mol. The number of Topliss-reactive ketones (excluding diaryl/α,β-unsaturated/α-hetero) is 1. The number of amides is 1. The number of benzene rings is 1. The van der Waals surface area contributed by atoms with E-state index in [1.165, 1.54) is 18.3 Å². The van der Waals surface area contributed by atoms with Gasteiger partial charge in [0, 0.05) is 22.7 Å². The summed E-state index contributed by atoms with van der Waals surface area (Å²) in [6.45, 7) is 2.79. The minimum Gasteiger partial charge on any atom is -0.457 e. The third-order valence-electron chi connectivity index (χ3n) is 4.90. The highest BCUT2D eigenvalue weighted by Gasteiger charge is 2.46. The van der Waals surface area contributed by atoms with E-state index >= 15 is 0 Å². The molecule has 0 saturated carbocycles. The lowest BCUT2D eigenvalue weighted by atomic mass is 9.98. The maximum atomic E-state index is 12.9. The number of ether oxygens (including phenoxy) is 1. The molecule has 0 aliphatic carbocycles. The molecule has 1 amide bonds. The number of nitrogens with zero attached hydrogens (tertiary/aromatic N) is 2. The molecular formula is C22H21N3O4S. The Labute approximate surface area is 178 Å². The molecule has 1 fully saturated rings. The lowest BCUT2D eigenvalue weighted by Gasteiger charge is -2.27.